The van der Waals surface area contributed by atoms with Gasteiger partial charge in [-0.1, -0.05) is 5.21 Å². The van der Waals surface area contributed by atoms with Crippen molar-refractivity contribution in [1.29, 1.82) is 0 Å². The molecule has 1 aromatic heterocycles. The van der Waals surface area contributed by atoms with Gasteiger partial charge >= 0.3 is 0 Å². The molecule has 0 fully saturated rings. The number of anilines is 1. The molecule has 0 aliphatic carbocycles. The summed E-state index contributed by atoms with van der Waals surface area (Å²) in [5.74, 6) is -0.0611. The molecule has 0 saturated heterocycles. The molecular weight excluding hydrogens is 263 g/mol. The maximum absolute atomic E-state index is 13.0. The molecule has 0 amide bonds. The van der Waals surface area contributed by atoms with Gasteiger partial charge in [0.2, 0.25) is 0 Å². The lowest BCUT2D eigenvalue weighted by atomic mass is 10.3. The van der Waals surface area contributed by atoms with Gasteiger partial charge in [0.1, 0.15) is 5.82 Å². The quantitative estimate of drug-likeness (QED) is 0.643. The van der Waals surface area contributed by atoms with Crippen LogP contribution in [0.4, 0.5) is 10.2 Å². The number of ether oxygens (including phenoxy) is 1. The molecule has 0 unspecified atom stereocenters. The van der Waals surface area contributed by atoms with Gasteiger partial charge in [-0.05, 0) is 24.3 Å². The molecule has 2 rings (SSSR count). The Morgan fingerprint density at radius 3 is 2.70 bits per heavy atom. The third-order valence-electron chi connectivity index (χ3n) is 2.67. The van der Waals surface area contributed by atoms with Crippen LogP contribution in [-0.4, -0.2) is 41.0 Å². The van der Waals surface area contributed by atoms with Crippen molar-refractivity contribution in [2.24, 2.45) is 0 Å². The average molecular weight is 278 g/mol. The summed E-state index contributed by atoms with van der Waals surface area (Å²) in [5.41, 5.74) is 0.858. The van der Waals surface area contributed by atoms with Crippen molar-refractivity contribution in [3.63, 3.8) is 0 Å². The number of ketones is 1. The summed E-state index contributed by atoms with van der Waals surface area (Å²) in [6, 6.07) is 5.78. The zero-order valence-electron chi connectivity index (χ0n) is 11.3. The summed E-state index contributed by atoms with van der Waals surface area (Å²) >= 11 is 0. The van der Waals surface area contributed by atoms with E-state index in [0.29, 0.717) is 24.7 Å². The number of nitrogens with zero attached hydrogens (tertiary/aromatic N) is 3. The summed E-state index contributed by atoms with van der Waals surface area (Å²) in [5, 5.41) is 10.9. The number of aromatic nitrogens is 3. The predicted octanol–water partition coefficient (Wildman–Crippen LogP) is 1.67. The SMILES string of the molecule is COCCNc1c(C(C)=O)nnn1-c1ccc(F)cc1. The Balaban J connectivity index is 2.36. The largest absolute Gasteiger partial charge is 0.383 e. The van der Waals surface area contributed by atoms with Gasteiger partial charge in [0.05, 0.1) is 12.3 Å². The minimum Gasteiger partial charge on any atom is -0.383 e. The fraction of sp³-hybridized carbons (Fsp3) is 0.308. The highest BCUT2D eigenvalue weighted by Crippen LogP contribution is 2.18. The average Bonchev–Trinajstić information content (AvgIpc) is 2.84. The van der Waals surface area contributed by atoms with Crippen molar-refractivity contribution in [3.05, 3.63) is 35.8 Å². The van der Waals surface area contributed by atoms with Crippen LogP contribution >= 0.6 is 0 Å². The standard InChI is InChI=1S/C13H15FN4O2/c1-9(19)12-13(15-7-8-20-2)18(17-16-12)11-5-3-10(14)4-6-11/h3-6,15H,7-8H2,1-2H3. The van der Waals surface area contributed by atoms with Gasteiger partial charge in [-0.25, -0.2) is 4.39 Å². The van der Waals surface area contributed by atoms with Gasteiger partial charge in [0, 0.05) is 20.6 Å². The number of carbonyl (C=O) groups excluding carboxylic acids is 1. The topological polar surface area (TPSA) is 69.0 Å². The van der Waals surface area contributed by atoms with Crippen LogP contribution in [0, 0.1) is 5.82 Å². The first-order chi connectivity index (χ1) is 9.63. The lowest BCUT2D eigenvalue weighted by molar-refractivity contribution is 0.101. The molecule has 0 aliphatic heterocycles. The molecule has 1 aromatic carbocycles. The molecule has 1 N–H and O–H groups in total. The first-order valence-corrected chi connectivity index (χ1v) is 6.09. The third-order valence-corrected chi connectivity index (χ3v) is 2.67. The van der Waals surface area contributed by atoms with Crippen LogP contribution in [0.1, 0.15) is 17.4 Å². The molecule has 1 heterocycles. The van der Waals surface area contributed by atoms with Crippen LogP contribution in [0.5, 0.6) is 0 Å². The number of methoxy groups -OCH3 is 1. The zero-order valence-corrected chi connectivity index (χ0v) is 11.3. The Hall–Kier alpha value is -2.28. The second kappa shape index (κ2) is 6.25. The zero-order chi connectivity index (χ0) is 14.5. The number of halogens is 1. The predicted molar refractivity (Wildman–Crippen MR) is 71.7 cm³/mol. The number of Topliss-reactive ketones (excluding diaryl/α,β-unsaturated/α-hetero) is 1. The van der Waals surface area contributed by atoms with Crippen molar-refractivity contribution in [1.82, 2.24) is 15.0 Å². The van der Waals surface area contributed by atoms with E-state index in [0.717, 1.165) is 0 Å². The van der Waals surface area contributed by atoms with E-state index in [-0.39, 0.29) is 17.3 Å². The van der Waals surface area contributed by atoms with Gasteiger partial charge in [-0.2, -0.15) is 4.68 Å². The summed E-state index contributed by atoms with van der Waals surface area (Å²) in [7, 11) is 1.59. The smallest absolute Gasteiger partial charge is 0.183 e. The second-order valence-electron chi connectivity index (χ2n) is 4.15. The molecular formula is C13H15FN4O2. The fourth-order valence-electron chi connectivity index (χ4n) is 1.71. The Kier molecular flexibility index (Phi) is 4.41. The van der Waals surface area contributed by atoms with Crippen molar-refractivity contribution < 1.29 is 13.9 Å². The van der Waals surface area contributed by atoms with Gasteiger partial charge in [-0.3, -0.25) is 4.79 Å². The molecule has 0 atom stereocenters. The van der Waals surface area contributed by atoms with E-state index in [9.17, 15) is 9.18 Å². The number of rotatable bonds is 6. The molecule has 2 aromatic rings. The van der Waals surface area contributed by atoms with E-state index in [1.807, 2.05) is 0 Å². The first kappa shape index (κ1) is 14.1. The second-order valence-corrected chi connectivity index (χ2v) is 4.15. The molecule has 106 valence electrons. The Morgan fingerprint density at radius 2 is 2.10 bits per heavy atom. The lowest BCUT2D eigenvalue weighted by Crippen LogP contribution is -2.13. The van der Waals surface area contributed by atoms with Crippen molar-refractivity contribution in [2.75, 3.05) is 25.6 Å². The first-order valence-electron chi connectivity index (χ1n) is 6.09. The molecule has 0 aliphatic rings. The number of nitrogens with one attached hydrogen (secondary N) is 1. The Morgan fingerprint density at radius 1 is 1.40 bits per heavy atom. The van der Waals surface area contributed by atoms with Gasteiger partial charge in [-0.15, -0.1) is 5.10 Å². The number of benzene rings is 1. The van der Waals surface area contributed by atoms with E-state index in [4.69, 9.17) is 4.74 Å². The number of hydrogen-bond acceptors (Lipinski definition) is 5. The van der Waals surface area contributed by atoms with E-state index < -0.39 is 0 Å². The molecule has 0 spiro atoms. The maximum Gasteiger partial charge on any atom is 0.183 e. The van der Waals surface area contributed by atoms with Crippen LogP contribution in [-0.2, 0) is 4.74 Å². The van der Waals surface area contributed by atoms with E-state index in [1.54, 1.807) is 19.2 Å². The van der Waals surface area contributed by atoms with Gasteiger partial charge in [0.15, 0.2) is 17.3 Å². The molecule has 7 heteroatoms. The van der Waals surface area contributed by atoms with Crippen molar-refractivity contribution >= 4 is 11.6 Å². The molecule has 0 saturated carbocycles. The van der Waals surface area contributed by atoms with E-state index in [1.165, 1.54) is 23.7 Å². The highest BCUT2D eigenvalue weighted by Gasteiger charge is 2.17. The molecule has 0 radical (unpaired) electrons. The van der Waals surface area contributed by atoms with Crippen molar-refractivity contribution in [3.8, 4) is 5.69 Å². The van der Waals surface area contributed by atoms with Crippen LogP contribution < -0.4 is 5.32 Å². The summed E-state index contributed by atoms with van der Waals surface area (Å²) < 4.78 is 19.4. The van der Waals surface area contributed by atoms with Crippen LogP contribution in [0.25, 0.3) is 5.69 Å². The highest BCUT2D eigenvalue weighted by molar-refractivity contribution is 5.96. The molecule has 6 nitrogen and oxygen atoms in total. The van der Waals surface area contributed by atoms with Gasteiger partial charge < -0.3 is 10.1 Å². The van der Waals surface area contributed by atoms with Crippen LogP contribution in [0.3, 0.4) is 0 Å². The minimum absolute atomic E-state index is 0.196. The van der Waals surface area contributed by atoms with Crippen molar-refractivity contribution in [2.45, 2.75) is 6.92 Å². The maximum atomic E-state index is 13.0. The Bertz CT molecular complexity index is 595. The summed E-state index contributed by atoms with van der Waals surface area (Å²) in [6.45, 7) is 2.40. The monoisotopic (exact) mass is 278 g/mol. The lowest BCUT2D eigenvalue weighted by Gasteiger charge is -2.09. The molecule has 20 heavy (non-hydrogen) atoms. The Labute approximate surface area is 115 Å². The fourth-order valence-corrected chi connectivity index (χ4v) is 1.71. The summed E-state index contributed by atoms with van der Waals surface area (Å²) in [4.78, 5) is 11.6. The third kappa shape index (κ3) is 3.00. The van der Waals surface area contributed by atoms with Gasteiger partial charge in [0.25, 0.3) is 0 Å². The normalized spacial score (nSPS) is 10.6. The number of carbonyl (C=O) groups is 1. The van der Waals surface area contributed by atoms with E-state index >= 15 is 0 Å². The van der Waals surface area contributed by atoms with E-state index in [2.05, 4.69) is 15.6 Å². The van der Waals surface area contributed by atoms with Crippen LogP contribution in [0.2, 0.25) is 0 Å². The number of hydrogen-bond donors (Lipinski definition) is 1. The summed E-state index contributed by atoms with van der Waals surface area (Å²) in [6.07, 6.45) is 0. The minimum atomic E-state index is -0.338. The highest BCUT2D eigenvalue weighted by atomic mass is 19.1. The molecule has 0 bridgehead atoms. The van der Waals surface area contributed by atoms with Crippen LogP contribution in [0.15, 0.2) is 24.3 Å².